The third kappa shape index (κ3) is 5.44. The second-order valence-corrected chi connectivity index (χ2v) is 11.0. The van der Waals surface area contributed by atoms with Gasteiger partial charge in [-0.3, -0.25) is 9.69 Å². The van der Waals surface area contributed by atoms with Gasteiger partial charge >= 0.3 is 11.8 Å². The molecule has 2 aromatic carbocycles. The summed E-state index contributed by atoms with van der Waals surface area (Å²) in [7, 11) is -3.48. The molecule has 1 amide bonds. The van der Waals surface area contributed by atoms with Crippen molar-refractivity contribution in [3.05, 3.63) is 66.1 Å². The van der Waals surface area contributed by atoms with Crippen molar-refractivity contribution < 1.29 is 17.6 Å². The van der Waals surface area contributed by atoms with Crippen LogP contribution >= 0.6 is 0 Å². The molecule has 2 aliphatic heterocycles. The Hall–Kier alpha value is -3.08. The van der Waals surface area contributed by atoms with Crippen molar-refractivity contribution in [2.45, 2.75) is 43.2 Å². The van der Waals surface area contributed by atoms with E-state index < -0.39 is 15.9 Å². The van der Waals surface area contributed by atoms with E-state index in [-0.39, 0.29) is 22.7 Å². The molecule has 184 valence electrons. The summed E-state index contributed by atoms with van der Waals surface area (Å²) in [5.74, 6) is -0.308. The smallest absolute Gasteiger partial charge is 0.309 e. The van der Waals surface area contributed by atoms with Crippen LogP contribution in [0.1, 0.15) is 41.9 Å². The molecule has 2 fully saturated rings. The number of piperidine rings is 1. The molecule has 0 radical (unpaired) electrons. The average molecular weight is 496 g/mol. The molecule has 0 unspecified atom stereocenters. The van der Waals surface area contributed by atoms with Crippen LogP contribution in [-0.2, 0) is 16.6 Å². The molecule has 35 heavy (non-hydrogen) atoms. The molecule has 2 saturated heterocycles. The molecule has 9 nitrogen and oxygen atoms in total. The summed E-state index contributed by atoms with van der Waals surface area (Å²) in [6.07, 6.45) is 3.48. The molecule has 0 bridgehead atoms. The molecular weight excluding hydrogens is 466 g/mol. The fourth-order valence-electron chi connectivity index (χ4n) is 4.60. The molecule has 1 aromatic heterocycles. The van der Waals surface area contributed by atoms with Gasteiger partial charge in [0.05, 0.1) is 4.90 Å². The SMILES string of the molecule is O=C(NC1CCN(Cc2ccccc2)CC1)c1nnc(-c2ccc(S(=O)(=O)N3CCCC3)cc2)o1. The number of likely N-dealkylation sites (tertiary alicyclic amines) is 1. The van der Waals surface area contributed by atoms with Crippen LogP contribution in [0.25, 0.3) is 11.5 Å². The molecule has 1 N–H and O–H groups in total. The second-order valence-electron chi connectivity index (χ2n) is 9.06. The minimum absolute atomic E-state index is 0.0555. The Balaban J connectivity index is 1.16. The van der Waals surface area contributed by atoms with Crippen molar-refractivity contribution >= 4 is 15.9 Å². The first-order valence-electron chi connectivity index (χ1n) is 12.0. The van der Waals surface area contributed by atoms with Crippen molar-refractivity contribution in [2.75, 3.05) is 26.2 Å². The Morgan fingerprint density at radius 1 is 0.943 bits per heavy atom. The van der Waals surface area contributed by atoms with Gasteiger partial charge in [0.1, 0.15) is 0 Å². The fraction of sp³-hybridized carbons (Fsp3) is 0.400. The number of amides is 1. The number of rotatable bonds is 7. The Morgan fingerprint density at radius 2 is 1.63 bits per heavy atom. The molecule has 0 spiro atoms. The summed E-state index contributed by atoms with van der Waals surface area (Å²) >= 11 is 0. The van der Waals surface area contributed by atoms with E-state index in [2.05, 4.69) is 32.5 Å². The lowest BCUT2D eigenvalue weighted by molar-refractivity contribution is 0.0874. The second kappa shape index (κ2) is 10.3. The number of aromatic nitrogens is 2. The van der Waals surface area contributed by atoms with Crippen LogP contribution in [0.5, 0.6) is 0 Å². The molecular formula is C25H29N5O4S. The van der Waals surface area contributed by atoms with Crippen molar-refractivity contribution in [3.63, 3.8) is 0 Å². The molecule has 5 rings (SSSR count). The van der Waals surface area contributed by atoms with Crippen molar-refractivity contribution in [1.29, 1.82) is 0 Å². The summed E-state index contributed by atoms with van der Waals surface area (Å²) in [6.45, 7) is 3.83. The standard InChI is InChI=1S/C25H29N5O4S/c31-23(26-21-12-16-29(17-13-21)18-19-6-2-1-3-7-19)25-28-27-24(34-25)20-8-10-22(11-9-20)35(32,33)30-14-4-5-15-30/h1-3,6-11,21H,4-5,12-18H2,(H,26,31). The molecule has 3 heterocycles. The zero-order chi connectivity index (χ0) is 24.3. The largest absolute Gasteiger partial charge is 0.412 e. The highest BCUT2D eigenvalue weighted by molar-refractivity contribution is 7.89. The Kier molecular flexibility index (Phi) is 6.94. The van der Waals surface area contributed by atoms with E-state index in [1.54, 1.807) is 12.1 Å². The number of nitrogens with zero attached hydrogens (tertiary/aromatic N) is 4. The summed E-state index contributed by atoms with van der Waals surface area (Å²) in [5, 5.41) is 10.9. The molecule has 0 aliphatic carbocycles. The van der Waals surface area contributed by atoms with Gasteiger partial charge in [-0.05, 0) is 55.5 Å². The van der Waals surface area contributed by atoms with Crippen molar-refractivity contribution in [3.8, 4) is 11.5 Å². The number of nitrogens with one attached hydrogen (secondary N) is 1. The van der Waals surface area contributed by atoms with E-state index >= 15 is 0 Å². The topological polar surface area (TPSA) is 109 Å². The highest BCUT2D eigenvalue weighted by atomic mass is 32.2. The van der Waals surface area contributed by atoms with Gasteiger partial charge in [0.15, 0.2) is 0 Å². The minimum atomic E-state index is -3.48. The van der Waals surface area contributed by atoms with Crippen LogP contribution in [0.2, 0.25) is 0 Å². The van der Waals surface area contributed by atoms with E-state index in [4.69, 9.17) is 4.42 Å². The number of carbonyl (C=O) groups excluding carboxylic acids is 1. The van der Waals surface area contributed by atoms with Gasteiger partial charge in [-0.2, -0.15) is 4.31 Å². The summed E-state index contributed by atoms with van der Waals surface area (Å²) in [6, 6.07) is 16.7. The molecule has 0 saturated carbocycles. The number of carbonyl (C=O) groups is 1. The van der Waals surface area contributed by atoms with E-state index in [9.17, 15) is 13.2 Å². The maximum absolute atomic E-state index is 12.7. The van der Waals surface area contributed by atoms with Crippen molar-refractivity contribution in [2.24, 2.45) is 0 Å². The van der Waals surface area contributed by atoms with Crippen LogP contribution in [-0.4, -0.2) is 65.9 Å². The highest BCUT2D eigenvalue weighted by Crippen LogP contribution is 2.24. The predicted octanol–water partition coefficient (Wildman–Crippen LogP) is 2.92. The first-order valence-corrected chi connectivity index (χ1v) is 13.4. The van der Waals surface area contributed by atoms with E-state index in [1.165, 1.54) is 22.0 Å². The lowest BCUT2D eigenvalue weighted by Crippen LogP contribution is -2.44. The van der Waals surface area contributed by atoms with Crippen LogP contribution in [0.3, 0.4) is 0 Å². The van der Waals surface area contributed by atoms with Gasteiger partial charge in [-0.1, -0.05) is 30.3 Å². The van der Waals surface area contributed by atoms with Gasteiger partial charge in [-0.15, -0.1) is 10.2 Å². The van der Waals surface area contributed by atoms with Gasteiger partial charge < -0.3 is 9.73 Å². The summed E-state index contributed by atoms with van der Waals surface area (Å²) < 4.78 is 32.5. The van der Waals surface area contributed by atoms with Crippen LogP contribution in [0.4, 0.5) is 0 Å². The third-order valence-electron chi connectivity index (χ3n) is 6.60. The highest BCUT2D eigenvalue weighted by Gasteiger charge is 2.27. The van der Waals surface area contributed by atoms with Gasteiger partial charge in [-0.25, -0.2) is 8.42 Å². The van der Waals surface area contributed by atoms with Gasteiger partial charge in [0, 0.05) is 44.3 Å². The number of benzene rings is 2. The maximum Gasteiger partial charge on any atom is 0.309 e. The lowest BCUT2D eigenvalue weighted by atomic mass is 10.0. The number of sulfonamides is 1. The molecule has 10 heteroatoms. The Bertz CT molecular complexity index is 1250. The first kappa shape index (κ1) is 23.7. The van der Waals surface area contributed by atoms with E-state index in [0.29, 0.717) is 18.7 Å². The van der Waals surface area contributed by atoms with Crippen LogP contribution in [0.15, 0.2) is 63.9 Å². The summed E-state index contributed by atoms with van der Waals surface area (Å²) in [4.78, 5) is 15.3. The monoisotopic (exact) mass is 495 g/mol. The van der Waals surface area contributed by atoms with Gasteiger partial charge in [0.25, 0.3) is 0 Å². The molecule has 3 aromatic rings. The van der Waals surface area contributed by atoms with Crippen LogP contribution < -0.4 is 5.32 Å². The van der Waals surface area contributed by atoms with Crippen LogP contribution in [0, 0.1) is 0 Å². The lowest BCUT2D eigenvalue weighted by Gasteiger charge is -2.32. The molecule has 2 aliphatic rings. The van der Waals surface area contributed by atoms with E-state index in [1.807, 2.05) is 18.2 Å². The van der Waals surface area contributed by atoms with E-state index in [0.717, 1.165) is 45.3 Å². The minimum Gasteiger partial charge on any atom is -0.412 e. The predicted molar refractivity (Wildman–Crippen MR) is 130 cm³/mol. The Morgan fingerprint density at radius 3 is 2.31 bits per heavy atom. The Labute approximate surface area is 205 Å². The quantitative estimate of drug-likeness (QED) is 0.537. The van der Waals surface area contributed by atoms with Gasteiger partial charge in [0.2, 0.25) is 15.9 Å². The number of hydrogen-bond donors (Lipinski definition) is 1. The fourth-order valence-corrected chi connectivity index (χ4v) is 6.12. The summed E-state index contributed by atoms with van der Waals surface area (Å²) in [5.41, 5.74) is 1.85. The molecule has 0 atom stereocenters. The zero-order valence-electron chi connectivity index (χ0n) is 19.5. The number of hydrogen-bond acceptors (Lipinski definition) is 7. The normalized spacial score (nSPS) is 18.1. The third-order valence-corrected chi connectivity index (χ3v) is 8.51. The zero-order valence-corrected chi connectivity index (χ0v) is 20.3. The maximum atomic E-state index is 12.7. The average Bonchev–Trinajstić information content (AvgIpc) is 3.59. The first-order chi connectivity index (χ1) is 17.0. The van der Waals surface area contributed by atoms with Crippen molar-refractivity contribution in [1.82, 2.24) is 24.7 Å².